The van der Waals surface area contributed by atoms with E-state index in [9.17, 15) is 4.79 Å². The standard InChI is InChI=1S/C15H10ClN5O/c1-9(22)20-12-4-5-18-15(16)14(12)10-2-3-13-19-7-11(6-17)21(13)8-10/h2-5,7-8H,1H3,(H,18,20,22). The van der Waals surface area contributed by atoms with Crippen LogP contribution in [0.1, 0.15) is 12.6 Å². The maximum Gasteiger partial charge on any atom is 0.221 e. The molecule has 0 atom stereocenters. The summed E-state index contributed by atoms with van der Waals surface area (Å²) in [6, 6.07) is 7.34. The van der Waals surface area contributed by atoms with Crippen molar-refractivity contribution in [3.8, 4) is 17.2 Å². The zero-order chi connectivity index (χ0) is 15.7. The molecule has 1 amide bonds. The zero-order valence-corrected chi connectivity index (χ0v) is 12.3. The SMILES string of the molecule is CC(=O)Nc1ccnc(Cl)c1-c1ccc2ncc(C#N)n2c1. The molecule has 0 bridgehead atoms. The van der Waals surface area contributed by atoms with Gasteiger partial charge in [-0.3, -0.25) is 9.20 Å². The Bertz CT molecular complexity index is 925. The largest absolute Gasteiger partial charge is 0.326 e. The molecule has 0 saturated heterocycles. The summed E-state index contributed by atoms with van der Waals surface area (Å²) in [7, 11) is 0. The predicted octanol–water partition coefficient (Wildman–Crippen LogP) is 2.88. The van der Waals surface area contributed by atoms with Crippen molar-refractivity contribution in [2.75, 3.05) is 5.32 Å². The average molecular weight is 312 g/mol. The van der Waals surface area contributed by atoms with Gasteiger partial charge >= 0.3 is 0 Å². The lowest BCUT2D eigenvalue weighted by Crippen LogP contribution is -2.07. The van der Waals surface area contributed by atoms with E-state index >= 15 is 0 Å². The fraction of sp³-hybridized carbons (Fsp3) is 0.0667. The van der Waals surface area contributed by atoms with Crippen LogP contribution in [-0.2, 0) is 4.79 Å². The van der Waals surface area contributed by atoms with Crippen LogP contribution in [0.5, 0.6) is 0 Å². The van der Waals surface area contributed by atoms with Crippen molar-refractivity contribution >= 4 is 28.8 Å². The highest BCUT2D eigenvalue weighted by Crippen LogP contribution is 2.33. The summed E-state index contributed by atoms with van der Waals surface area (Å²) in [4.78, 5) is 19.5. The first-order valence-electron chi connectivity index (χ1n) is 6.40. The number of pyridine rings is 2. The van der Waals surface area contributed by atoms with E-state index in [2.05, 4.69) is 21.4 Å². The molecule has 0 aliphatic heterocycles. The summed E-state index contributed by atoms with van der Waals surface area (Å²) in [6.45, 7) is 1.42. The van der Waals surface area contributed by atoms with E-state index in [1.54, 1.807) is 22.7 Å². The fourth-order valence-corrected chi connectivity index (χ4v) is 2.48. The summed E-state index contributed by atoms with van der Waals surface area (Å²) in [5.74, 6) is -0.204. The monoisotopic (exact) mass is 311 g/mol. The Morgan fingerprint density at radius 1 is 1.36 bits per heavy atom. The molecule has 3 heterocycles. The van der Waals surface area contributed by atoms with Gasteiger partial charge in [-0.05, 0) is 18.2 Å². The summed E-state index contributed by atoms with van der Waals surface area (Å²) in [5, 5.41) is 12.1. The van der Waals surface area contributed by atoms with Crippen LogP contribution in [0.4, 0.5) is 5.69 Å². The first kappa shape index (κ1) is 14.0. The zero-order valence-electron chi connectivity index (χ0n) is 11.5. The number of aromatic nitrogens is 3. The summed E-state index contributed by atoms with van der Waals surface area (Å²) < 4.78 is 1.66. The number of anilines is 1. The summed E-state index contributed by atoms with van der Waals surface area (Å²) >= 11 is 6.19. The molecule has 0 unspecified atom stereocenters. The van der Waals surface area contributed by atoms with Crippen molar-refractivity contribution in [2.45, 2.75) is 6.92 Å². The van der Waals surface area contributed by atoms with E-state index < -0.39 is 0 Å². The van der Waals surface area contributed by atoms with E-state index in [0.29, 0.717) is 22.6 Å². The third kappa shape index (κ3) is 2.38. The third-order valence-corrected chi connectivity index (χ3v) is 3.41. The van der Waals surface area contributed by atoms with Gasteiger partial charge in [-0.1, -0.05) is 11.6 Å². The molecule has 3 aromatic rings. The van der Waals surface area contributed by atoms with E-state index in [0.717, 1.165) is 5.56 Å². The van der Waals surface area contributed by atoms with E-state index in [1.807, 2.05) is 6.07 Å². The van der Waals surface area contributed by atoms with Gasteiger partial charge in [0.25, 0.3) is 0 Å². The lowest BCUT2D eigenvalue weighted by Gasteiger charge is -2.11. The van der Waals surface area contributed by atoms with Crippen molar-refractivity contribution in [2.24, 2.45) is 0 Å². The fourth-order valence-electron chi connectivity index (χ4n) is 2.22. The van der Waals surface area contributed by atoms with Crippen LogP contribution in [0.3, 0.4) is 0 Å². The molecule has 3 aromatic heterocycles. The molecule has 7 heteroatoms. The number of imidazole rings is 1. The minimum absolute atomic E-state index is 0.204. The van der Waals surface area contributed by atoms with Crippen LogP contribution in [0, 0.1) is 11.3 Å². The Balaban J connectivity index is 2.23. The molecule has 0 radical (unpaired) electrons. The highest BCUT2D eigenvalue weighted by atomic mass is 35.5. The third-order valence-electron chi connectivity index (χ3n) is 3.12. The highest BCUT2D eigenvalue weighted by Gasteiger charge is 2.13. The van der Waals surface area contributed by atoms with Crippen LogP contribution in [0.2, 0.25) is 5.15 Å². The lowest BCUT2D eigenvalue weighted by molar-refractivity contribution is -0.114. The normalized spacial score (nSPS) is 10.4. The molecule has 22 heavy (non-hydrogen) atoms. The number of halogens is 1. The molecule has 0 spiro atoms. The Kier molecular flexibility index (Phi) is 3.49. The van der Waals surface area contributed by atoms with E-state index in [-0.39, 0.29) is 11.1 Å². The summed E-state index contributed by atoms with van der Waals surface area (Å²) in [6.07, 6.45) is 4.77. The number of hydrogen-bond acceptors (Lipinski definition) is 4. The van der Waals surface area contributed by atoms with Crippen LogP contribution < -0.4 is 5.32 Å². The number of nitrogens with zero attached hydrogens (tertiary/aromatic N) is 4. The van der Waals surface area contributed by atoms with Gasteiger partial charge in [-0.25, -0.2) is 9.97 Å². The Morgan fingerprint density at radius 2 is 2.18 bits per heavy atom. The maximum absolute atomic E-state index is 11.3. The number of amides is 1. The molecule has 3 rings (SSSR count). The Morgan fingerprint density at radius 3 is 2.91 bits per heavy atom. The van der Waals surface area contributed by atoms with Crippen molar-refractivity contribution < 1.29 is 4.79 Å². The van der Waals surface area contributed by atoms with Gasteiger partial charge in [0.2, 0.25) is 5.91 Å². The number of hydrogen-bond donors (Lipinski definition) is 1. The van der Waals surface area contributed by atoms with Gasteiger partial charge in [0.05, 0.1) is 11.9 Å². The van der Waals surface area contributed by atoms with Gasteiger partial charge in [0, 0.05) is 30.4 Å². The van der Waals surface area contributed by atoms with Crippen molar-refractivity contribution in [1.29, 1.82) is 5.26 Å². The van der Waals surface area contributed by atoms with E-state index in [4.69, 9.17) is 16.9 Å². The van der Waals surface area contributed by atoms with Crippen LogP contribution >= 0.6 is 11.6 Å². The average Bonchev–Trinajstić information content (AvgIpc) is 2.89. The highest BCUT2D eigenvalue weighted by molar-refractivity contribution is 6.33. The second-order valence-corrected chi connectivity index (χ2v) is 4.96. The number of nitrogens with one attached hydrogen (secondary N) is 1. The quantitative estimate of drug-likeness (QED) is 0.738. The topological polar surface area (TPSA) is 83.1 Å². The van der Waals surface area contributed by atoms with Crippen LogP contribution in [-0.4, -0.2) is 20.3 Å². The summed E-state index contributed by atoms with van der Waals surface area (Å²) in [5.41, 5.74) is 2.95. The molecule has 0 aromatic carbocycles. The molecule has 1 N–H and O–H groups in total. The molecular formula is C15H10ClN5O. The van der Waals surface area contributed by atoms with E-state index in [1.165, 1.54) is 19.3 Å². The lowest BCUT2D eigenvalue weighted by atomic mass is 10.1. The number of nitriles is 1. The van der Waals surface area contributed by atoms with Gasteiger partial charge < -0.3 is 5.32 Å². The van der Waals surface area contributed by atoms with Gasteiger partial charge in [-0.15, -0.1) is 0 Å². The number of carbonyl (C=O) groups excluding carboxylic acids is 1. The minimum atomic E-state index is -0.204. The maximum atomic E-state index is 11.3. The number of fused-ring (bicyclic) bond motifs is 1. The van der Waals surface area contributed by atoms with Crippen LogP contribution in [0.15, 0.2) is 36.8 Å². The minimum Gasteiger partial charge on any atom is -0.326 e. The Labute approximate surface area is 131 Å². The smallest absolute Gasteiger partial charge is 0.221 e. The molecule has 0 aliphatic carbocycles. The van der Waals surface area contributed by atoms with Gasteiger partial charge in [0.1, 0.15) is 22.6 Å². The van der Waals surface area contributed by atoms with Crippen molar-refractivity contribution in [3.05, 3.63) is 47.6 Å². The van der Waals surface area contributed by atoms with Crippen molar-refractivity contribution in [1.82, 2.24) is 14.4 Å². The number of carbonyl (C=O) groups is 1. The Hall–Kier alpha value is -2.91. The molecule has 6 nitrogen and oxygen atoms in total. The molecule has 0 saturated carbocycles. The van der Waals surface area contributed by atoms with Crippen molar-refractivity contribution in [3.63, 3.8) is 0 Å². The molecular weight excluding hydrogens is 302 g/mol. The van der Waals surface area contributed by atoms with Gasteiger partial charge in [-0.2, -0.15) is 5.26 Å². The first-order valence-corrected chi connectivity index (χ1v) is 6.77. The second-order valence-electron chi connectivity index (χ2n) is 4.61. The predicted molar refractivity (Wildman–Crippen MR) is 82.5 cm³/mol. The molecule has 108 valence electrons. The first-order chi connectivity index (χ1) is 10.6. The molecule has 0 aliphatic rings. The number of rotatable bonds is 2. The van der Waals surface area contributed by atoms with Gasteiger partial charge in [0.15, 0.2) is 0 Å². The van der Waals surface area contributed by atoms with Crippen LogP contribution in [0.25, 0.3) is 16.8 Å². The molecule has 0 fully saturated rings. The second kappa shape index (κ2) is 5.47.